The summed E-state index contributed by atoms with van der Waals surface area (Å²) in [6.07, 6.45) is 0.209. The molecule has 0 aliphatic rings. The maximum absolute atomic E-state index is 12.9. The number of aliphatic carboxylic acids is 1. The Hall–Kier alpha value is -3.05. The molecule has 0 saturated heterocycles. The molecular formula is C27H21AsCl2NO5. The summed E-state index contributed by atoms with van der Waals surface area (Å²) in [5, 5.41) is 11.1. The van der Waals surface area contributed by atoms with Crippen LogP contribution in [0.1, 0.15) is 15.9 Å². The van der Waals surface area contributed by atoms with Gasteiger partial charge < -0.3 is 0 Å². The Morgan fingerprint density at radius 2 is 1.58 bits per heavy atom. The van der Waals surface area contributed by atoms with Crippen LogP contribution in [0.4, 0.5) is 0 Å². The van der Waals surface area contributed by atoms with Crippen molar-refractivity contribution in [1.29, 1.82) is 0 Å². The molecule has 1 aromatic heterocycles. The Bertz CT molecular complexity index is 1420. The number of rotatable bonds is 9. The number of hydrogen-bond acceptors (Lipinski definition) is 5. The third-order valence-corrected chi connectivity index (χ3v) is 8.69. The molecular weight excluding hydrogens is 564 g/mol. The first-order chi connectivity index (χ1) is 17.3. The Kier molecular flexibility index (Phi) is 8.20. The van der Waals surface area contributed by atoms with Crippen molar-refractivity contribution >= 4 is 60.4 Å². The molecule has 0 saturated carbocycles. The van der Waals surface area contributed by atoms with Crippen molar-refractivity contribution in [2.24, 2.45) is 0 Å². The zero-order valence-corrected chi connectivity index (χ0v) is 22.8. The van der Waals surface area contributed by atoms with Crippen LogP contribution in [0.2, 0.25) is 14.8 Å². The number of carbonyl (C=O) groups excluding carboxylic acids is 1. The maximum atomic E-state index is 12.9. The summed E-state index contributed by atoms with van der Waals surface area (Å²) in [6, 6.07) is 19.7. The van der Waals surface area contributed by atoms with Crippen molar-refractivity contribution in [2.45, 2.75) is 11.1 Å². The summed E-state index contributed by atoms with van der Waals surface area (Å²) in [5.41, 5.74) is 3.17. The van der Waals surface area contributed by atoms with Gasteiger partial charge in [0.05, 0.1) is 0 Å². The SMILES string of the molecule is COc1cccc(OC)c1-c1ccc2cc(C[C@H]([As]C(=O)c3c(Cl)cccc3Cl)C(=O)O)ccc2n1. The zero-order chi connectivity index (χ0) is 25.8. The number of fused-ring (bicyclic) bond motifs is 1. The van der Waals surface area contributed by atoms with E-state index < -0.39 is 26.4 Å². The number of methoxy groups -OCH3 is 2. The summed E-state index contributed by atoms with van der Waals surface area (Å²) in [6.45, 7) is 0. The fourth-order valence-electron chi connectivity index (χ4n) is 3.86. The molecule has 4 aromatic rings. The second kappa shape index (κ2) is 11.3. The first kappa shape index (κ1) is 26.0. The van der Waals surface area contributed by atoms with Gasteiger partial charge >= 0.3 is 226 Å². The Balaban J connectivity index is 1.60. The van der Waals surface area contributed by atoms with Gasteiger partial charge in [-0.3, -0.25) is 0 Å². The summed E-state index contributed by atoms with van der Waals surface area (Å²) < 4.78 is 9.84. The second-order valence-corrected chi connectivity index (χ2v) is 11.4. The quantitative estimate of drug-likeness (QED) is 0.236. The van der Waals surface area contributed by atoms with E-state index in [2.05, 4.69) is 0 Å². The minimum atomic E-state index is -1.25. The molecule has 0 bridgehead atoms. The Labute approximate surface area is 224 Å². The minimum absolute atomic E-state index is 0.189. The first-order valence-electron chi connectivity index (χ1n) is 10.9. The van der Waals surface area contributed by atoms with E-state index in [-0.39, 0.29) is 26.6 Å². The molecule has 1 heterocycles. The molecule has 0 unspecified atom stereocenters. The van der Waals surface area contributed by atoms with Gasteiger partial charge in [-0.05, 0) is 0 Å². The van der Waals surface area contributed by atoms with Gasteiger partial charge in [-0.2, -0.15) is 0 Å². The Morgan fingerprint density at radius 1 is 0.944 bits per heavy atom. The van der Waals surface area contributed by atoms with Gasteiger partial charge in [-0.25, -0.2) is 0 Å². The van der Waals surface area contributed by atoms with Crippen LogP contribution in [0.25, 0.3) is 22.2 Å². The van der Waals surface area contributed by atoms with Gasteiger partial charge in [-0.15, -0.1) is 0 Å². The molecule has 9 heteroatoms. The van der Waals surface area contributed by atoms with Gasteiger partial charge in [0, 0.05) is 0 Å². The average Bonchev–Trinajstić information content (AvgIpc) is 2.87. The number of ether oxygens (including phenoxy) is 2. The number of carbonyl (C=O) groups is 2. The van der Waals surface area contributed by atoms with Crippen LogP contribution in [0.3, 0.4) is 0 Å². The molecule has 0 aliphatic carbocycles. The number of halogens is 2. The van der Waals surface area contributed by atoms with Gasteiger partial charge in [0.2, 0.25) is 0 Å². The summed E-state index contributed by atoms with van der Waals surface area (Å²) in [5.74, 6) is 0.269. The van der Waals surface area contributed by atoms with Crippen LogP contribution >= 0.6 is 23.2 Å². The number of aromatic nitrogens is 1. The fourth-order valence-corrected chi connectivity index (χ4v) is 6.96. The van der Waals surface area contributed by atoms with E-state index in [4.69, 9.17) is 37.7 Å². The topological polar surface area (TPSA) is 85.7 Å². The van der Waals surface area contributed by atoms with E-state index >= 15 is 0 Å². The Morgan fingerprint density at radius 3 is 2.19 bits per heavy atom. The molecule has 0 fully saturated rings. The predicted molar refractivity (Wildman–Crippen MR) is 142 cm³/mol. The summed E-state index contributed by atoms with van der Waals surface area (Å²) in [7, 11) is 3.19. The first-order valence-corrected chi connectivity index (χ1v) is 13.6. The average molecular weight is 585 g/mol. The number of hydrogen-bond donors (Lipinski definition) is 1. The van der Waals surface area contributed by atoms with E-state index in [0.717, 1.165) is 22.0 Å². The van der Waals surface area contributed by atoms with Crippen LogP contribution in [-0.2, 0) is 11.2 Å². The van der Waals surface area contributed by atoms with Crippen molar-refractivity contribution < 1.29 is 24.2 Å². The molecule has 0 amide bonds. The number of carboxylic acid groups (broad SMARTS) is 1. The van der Waals surface area contributed by atoms with Crippen molar-refractivity contribution in [3.05, 3.63) is 87.9 Å². The van der Waals surface area contributed by atoms with E-state index in [1.807, 2.05) is 48.5 Å². The van der Waals surface area contributed by atoms with Crippen LogP contribution < -0.4 is 9.47 Å². The molecule has 183 valence electrons. The van der Waals surface area contributed by atoms with Gasteiger partial charge in [0.15, 0.2) is 0 Å². The normalized spacial score (nSPS) is 12.1. The standard InChI is InChI=1S/C27H21AsCl2NO5/c1-35-22-7-4-8-23(36-2)25(22)21-12-10-16-13-15(9-11-20(16)31-21)14-17(27(33)34)28-26(32)24-18(29)5-3-6-19(24)30/h3-13,17H,14H2,1-2H3,(H,33,34)/t17-/m0/s1. The van der Waals surface area contributed by atoms with Crippen LogP contribution in [-0.4, -0.2) is 50.6 Å². The second-order valence-electron chi connectivity index (χ2n) is 7.85. The van der Waals surface area contributed by atoms with Crippen molar-refractivity contribution in [3.8, 4) is 22.8 Å². The van der Waals surface area contributed by atoms with Gasteiger partial charge in [0.25, 0.3) is 0 Å². The van der Waals surface area contributed by atoms with Crippen molar-refractivity contribution in [2.75, 3.05) is 14.2 Å². The number of benzene rings is 3. The molecule has 3 aromatic carbocycles. The molecule has 4 rings (SSSR count). The molecule has 1 N–H and O–H groups in total. The third kappa shape index (κ3) is 5.51. The van der Waals surface area contributed by atoms with Gasteiger partial charge in [0.1, 0.15) is 0 Å². The monoisotopic (exact) mass is 584 g/mol. The van der Waals surface area contributed by atoms with E-state index in [9.17, 15) is 14.7 Å². The van der Waals surface area contributed by atoms with E-state index in [1.54, 1.807) is 32.4 Å². The molecule has 36 heavy (non-hydrogen) atoms. The number of carboxylic acids is 1. The number of nitrogens with zero attached hydrogens (tertiary/aromatic N) is 1. The zero-order valence-electron chi connectivity index (χ0n) is 19.4. The van der Waals surface area contributed by atoms with Crippen LogP contribution in [0.15, 0.2) is 66.7 Å². The van der Waals surface area contributed by atoms with Gasteiger partial charge in [-0.1, -0.05) is 0 Å². The summed E-state index contributed by atoms with van der Waals surface area (Å²) in [4.78, 5) is 29.6. The molecule has 0 aliphatic heterocycles. The third-order valence-electron chi connectivity index (χ3n) is 5.60. The van der Waals surface area contributed by atoms with Crippen LogP contribution in [0, 0.1) is 0 Å². The fraction of sp³-hybridized carbons (Fsp3) is 0.148. The van der Waals surface area contributed by atoms with E-state index in [1.165, 1.54) is 0 Å². The summed E-state index contributed by atoms with van der Waals surface area (Å²) >= 11 is 11.0. The predicted octanol–water partition coefficient (Wildman–Crippen LogP) is 6.19. The van der Waals surface area contributed by atoms with Crippen LogP contribution in [0.5, 0.6) is 11.5 Å². The van der Waals surface area contributed by atoms with E-state index in [0.29, 0.717) is 17.2 Å². The van der Waals surface area contributed by atoms with Crippen molar-refractivity contribution in [3.63, 3.8) is 0 Å². The molecule has 0 spiro atoms. The molecule has 6 nitrogen and oxygen atoms in total. The van der Waals surface area contributed by atoms with Crippen molar-refractivity contribution in [1.82, 2.24) is 4.98 Å². The number of pyridine rings is 1. The molecule has 1 radical (unpaired) electrons. The molecule has 1 atom stereocenters.